The highest BCUT2D eigenvalue weighted by atomic mass is 35.5. The molecule has 0 aliphatic heterocycles. The molecule has 0 spiro atoms. The Morgan fingerprint density at radius 1 is 1.32 bits per heavy atom. The number of pyridine rings is 1. The van der Waals surface area contributed by atoms with Crippen molar-refractivity contribution in [3.63, 3.8) is 0 Å². The Hall–Kier alpha value is -1.96. The van der Waals surface area contributed by atoms with E-state index in [0.717, 1.165) is 11.8 Å². The molecule has 132 valence electrons. The number of amides is 1. The fraction of sp³-hybridized carbons (Fsp3) is 0.188. The van der Waals surface area contributed by atoms with E-state index in [1.807, 2.05) is 0 Å². The summed E-state index contributed by atoms with van der Waals surface area (Å²) in [6, 6.07) is 9.49. The van der Waals surface area contributed by atoms with Crippen LogP contribution in [0.2, 0.25) is 10.0 Å². The van der Waals surface area contributed by atoms with Gasteiger partial charge in [-0.3, -0.25) is 9.59 Å². The molecule has 1 heterocycles. The summed E-state index contributed by atoms with van der Waals surface area (Å²) in [6.45, 7) is 1.44. The van der Waals surface area contributed by atoms with E-state index in [-0.39, 0.29) is 5.75 Å². The molecule has 0 radical (unpaired) electrons. The molecule has 1 atom stereocenters. The second-order valence-corrected chi connectivity index (χ2v) is 6.74. The molecule has 0 bridgehead atoms. The maximum Gasteiger partial charge on any atom is 0.317 e. The second-order valence-electron chi connectivity index (χ2n) is 4.90. The van der Waals surface area contributed by atoms with Crippen molar-refractivity contribution in [1.82, 2.24) is 0 Å². The zero-order valence-electron chi connectivity index (χ0n) is 13.1. The number of aromatic nitrogens is 1. The predicted octanol–water partition coefficient (Wildman–Crippen LogP) is 3.29. The summed E-state index contributed by atoms with van der Waals surface area (Å²) >= 11 is 12.8. The van der Waals surface area contributed by atoms with Gasteiger partial charge in [-0.1, -0.05) is 23.2 Å². The molecule has 1 N–H and O–H groups in total. The minimum Gasteiger partial charge on any atom is -0.618 e. The van der Waals surface area contributed by atoms with Crippen molar-refractivity contribution in [2.45, 2.75) is 18.1 Å². The van der Waals surface area contributed by atoms with Crippen LogP contribution in [0.3, 0.4) is 0 Å². The van der Waals surface area contributed by atoms with Gasteiger partial charge in [0.1, 0.15) is 5.75 Å². The number of carbonyl (C=O) groups is 2. The van der Waals surface area contributed by atoms with Crippen LogP contribution in [-0.4, -0.2) is 23.7 Å². The Bertz CT molecular complexity index is 788. The topological polar surface area (TPSA) is 82.3 Å². The van der Waals surface area contributed by atoms with Gasteiger partial charge in [-0.2, -0.15) is 4.73 Å². The molecule has 0 saturated carbocycles. The number of rotatable bonds is 6. The van der Waals surface area contributed by atoms with Gasteiger partial charge in [0.2, 0.25) is 0 Å². The van der Waals surface area contributed by atoms with E-state index in [9.17, 15) is 14.8 Å². The zero-order valence-corrected chi connectivity index (χ0v) is 15.4. The summed E-state index contributed by atoms with van der Waals surface area (Å²) in [5.74, 6) is -1.25. The highest BCUT2D eigenvalue weighted by molar-refractivity contribution is 7.99. The summed E-state index contributed by atoms with van der Waals surface area (Å²) in [5, 5.41) is 15.1. The van der Waals surface area contributed by atoms with Crippen molar-refractivity contribution >= 4 is 52.5 Å². The largest absolute Gasteiger partial charge is 0.618 e. The number of benzene rings is 1. The average Bonchev–Trinajstić information content (AvgIpc) is 2.57. The SMILES string of the molecule is CC(OC(=O)CSc1cccc[n+]1[O-])C(=O)Nc1cc(Cl)ccc1Cl. The summed E-state index contributed by atoms with van der Waals surface area (Å²) < 4.78 is 5.70. The number of hydrogen-bond acceptors (Lipinski definition) is 5. The quantitative estimate of drug-likeness (QED) is 0.348. The lowest BCUT2D eigenvalue weighted by Crippen LogP contribution is -2.31. The van der Waals surface area contributed by atoms with Crippen LogP contribution in [0.15, 0.2) is 47.6 Å². The van der Waals surface area contributed by atoms with Crippen molar-refractivity contribution in [1.29, 1.82) is 0 Å². The minimum absolute atomic E-state index is 0.0954. The average molecular weight is 401 g/mol. The fourth-order valence-corrected chi connectivity index (χ4v) is 2.80. The minimum atomic E-state index is -1.03. The molecule has 1 unspecified atom stereocenters. The number of nitrogens with one attached hydrogen (secondary N) is 1. The van der Waals surface area contributed by atoms with E-state index >= 15 is 0 Å². The zero-order chi connectivity index (χ0) is 18.4. The third kappa shape index (κ3) is 5.81. The summed E-state index contributed by atoms with van der Waals surface area (Å²) in [4.78, 5) is 23.9. The van der Waals surface area contributed by atoms with E-state index in [4.69, 9.17) is 27.9 Å². The predicted molar refractivity (Wildman–Crippen MR) is 96.8 cm³/mol. The first-order valence-electron chi connectivity index (χ1n) is 7.13. The molecular weight excluding hydrogens is 387 g/mol. The third-order valence-electron chi connectivity index (χ3n) is 2.99. The van der Waals surface area contributed by atoms with E-state index in [1.165, 1.54) is 19.2 Å². The van der Waals surface area contributed by atoms with Crippen LogP contribution in [0.25, 0.3) is 0 Å². The van der Waals surface area contributed by atoms with E-state index in [2.05, 4.69) is 5.32 Å². The fourth-order valence-electron chi connectivity index (χ4n) is 1.77. The molecule has 1 amide bonds. The number of thioether (sulfide) groups is 1. The van der Waals surface area contributed by atoms with Crippen molar-refractivity contribution in [3.8, 4) is 0 Å². The molecule has 25 heavy (non-hydrogen) atoms. The van der Waals surface area contributed by atoms with Gasteiger partial charge in [0.25, 0.3) is 10.9 Å². The van der Waals surface area contributed by atoms with Crippen molar-refractivity contribution < 1.29 is 19.1 Å². The number of nitrogens with zero attached hydrogens (tertiary/aromatic N) is 1. The number of ether oxygens (including phenoxy) is 1. The van der Waals surface area contributed by atoms with Crippen LogP contribution < -0.4 is 10.0 Å². The van der Waals surface area contributed by atoms with Gasteiger partial charge in [0, 0.05) is 17.2 Å². The first-order valence-corrected chi connectivity index (χ1v) is 8.87. The smallest absolute Gasteiger partial charge is 0.317 e. The molecule has 0 saturated heterocycles. The number of hydrogen-bond donors (Lipinski definition) is 1. The summed E-state index contributed by atoms with van der Waals surface area (Å²) in [5.41, 5.74) is 0.327. The van der Waals surface area contributed by atoms with Gasteiger partial charge in [-0.25, -0.2) is 0 Å². The van der Waals surface area contributed by atoms with E-state index in [0.29, 0.717) is 25.5 Å². The normalized spacial score (nSPS) is 11.6. The first kappa shape index (κ1) is 19.4. The van der Waals surface area contributed by atoms with Crippen LogP contribution in [-0.2, 0) is 14.3 Å². The molecule has 9 heteroatoms. The molecule has 2 aromatic rings. The van der Waals surface area contributed by atoms with Gasteiger partial charge < -0.3 is 15.3 Å². The van der Waals surface area contributed by atoms with Crippen LogP contribution in [0.5, 0.6) is 0 Å². The van der Waals surface area contributed by atoms with E-state index in [1.54, 1.807) is 30.3 Å². The van der Waals surface area contributed by atoms with Gasteiger partial charge in [0.05, 0.1) is 10.7 Å². The third-order valence-corrected chi connectivity index (χ3v) is 4.55. The monoisotopic (exact) mass is 400 g/mol. The van der Waals surface area contributed by atoms with Crippen LogP contribution >= 0.6 is 35.0 Å². The lowest BCUT2D eigenvalue weighted by molar-refractivity contribution is -0.645. The highest BCUT2D eigenvalue weighted by Gasteiger charge is 2.20. The second kappa shape index (κ2) is 8.94. The van der Waals surface area contributed by atoms with Gasteiger partial charge in [-0.15, -0.1) is 0 Å². The lowest BCUT2D eigenvalue weighted by Gasteiger charge is -2.14. The van der Waals surface area contributed by atoms with E-state index < -0.39 is 18.0 Å². The molecule has 0 aliphatic carbocycles. The van der Waals surface area contributed by atoms with Gasteiger partial charge >= 0.3 is 5.97 Å². The van der Waals surface area contributed by atoms with Crippen molar-refractivity contribution in [2.24, 2.45) is 0 Å². The van der Waals surface area contributed by atoms with Crippen LogP contribution in [0.1, 0.15) is 6.92 Å². The Labute approximate surface area is 158 Å². The van der Waals surface area contributed by atoms with Crippen molar-refractivity contribution in [3.05, 3.63) is 57.8 Å². The maximum absolute atomic E-state index is 12.1. The maximum atomic E-state index is 12.1. The standard InChI is InChI=1S/C16H14Cl2N2O4S/c1-10(16(22)19-13-8-11(17)5-6-12(13)18)24-15(21)9-25-14-4-2-3-7-20(14)23/h2-8,10H,9H2,1H3,(H,19,22). The van der Waals surface area contributed by atoms with Crippen LogP contribution in [0.4, 0.5) is 5.69 Å². The van der Waals surface area contributed by atoms with Gasteiger partial charge in [-0.05, 0) is 43.0 Å². The Balaban J connectivity index is 1.87. The van der Waals surface area contributed by atoms with Crippen molar-refractivity contribution in [2.75, 3.05) is 11.1 Å². The Morgan fingerprint density at radius 2 is 2.08 bits per heavy atom. The summed E-state index contributed by atoms with van der Waals surface area (Å²) in [6.07, 6.45) is 0.302. The lowest BCUT2D eigenvalue weighted by atomic mass is 10.3. The summed E-state index contributed by atoms with van der Waals surface area (Å²) in [7, 11) is 0. The molecule has 2 rings (SSSR count). The number of anilines is 1. The Kier molecular flexibility index (Phi) is 6.92. The molecule has 1 aromatic carbocycles. The van der Waals surface area contributed by atoms with Gasteiger partial charge in [0.15, 0.2) is 12.3 Å². The molecular formula is C16H14Cl2N2O4S. The molecule has 1 aromatic heterocycles. The first-order chi connectivity index (χ1) is 11.9. The Morgan fingerprint density at radius 3 is 2.80 bits per heavy atom. The molecule has 6 nitrogen and oxygen atoms in total. The number of esters is 1. The molecule has 0 aliphatic rings. The van der Waals surface area contributed by atoms with Crippen LogP contribution in [0, 0.1) is 5.21 Å². The number of carbonyl (C=O) groups excluding carboxylic acids is 2. The highest BCUT2D eigenvalue weighted by Crippen LogP contribution is 2.25. The molecule has 0 fully saturated rings. The number of halogens is 2.